The maximum Gasteiger partial charge on any atom is 0.312 e. The molecule has 31 heavy (non-hydrogen) atoms. The van der Waals surface area contributed by atoms with Crippen LogP contribution in [-0.2, 0) is 12.2 Å². The van der Waals surface area contributed by atoms with Crippen LogP contribution in [0.2, 0.25) is 0 Å². The molecule has 0 saturated heterocycles. The molecule has 0 aliphatic rings. The monoisotopic (exact) mass is 430 g/mol. The highest BCUT2D eigenvalue weighted by molar-refractivity contribution is 5.81. The number of nitrogens with zero attached hydrogens (tertiary/aromatic N) is 2. The zero-order valence-electron chi connectivity index (χ0n) is 16.1. The summed E-state index contributed by atoms with van der Waals surface area (Å²) in [5, 5.41) is 25.2. The van der Waals surface area contributed by atoms with E-state index in [1.807, 2.05) is 30.3 Å². The van der Waals surface area contributed by atoms with E-state index in [2.05, 4.69) is 5.10 Å². The average Bonchev–Trinajstić information content (AvgIpc) is 3.22. The third-order valence-electron chi connectivity index (χ3n) is 5.32. The number of hydrogen-bond acceptors (Lipinski definition) is 3. The summed E-state index contributed by atoms with van der Waals surface area (Å²) in [6.07, 6.45) is 1.45. The van der Waals surface area contributed by atoms with Crippen LogP contribution in [0.25, 0.3) is 16.6 Å². The standard InChI is InChI=1S/C23H18F4N2O2/c24-14-22(26,27)23(31,17-6-8-20(25)16(11-17)13-30)18-7-9-21-15(10-18)12-28-29(21)19-4-2-1-3-5-19/h1-12,30-31H,13-14H2. The Hall–Kier alpha value is -3.23. The zero-order valence-corrected chi connectivity index (χ0v) is 16.1. The molecule has 0 aliphatic heterocycles. The van der Waals surface area contributed by atoms with E-state index in [1.54, 1.807) is 4.68 Å². The van der Waals surface area contributed by atoms with Crippen molar-refractivity contribution in [3.63, 3.8) is 0 Å². The Morgan fingerprint density at radius 1 is 0.935 bits per heavy atom. The number of benzene rings is 3. The van der Waals surface area contributed by atoms with Crippen molar-refractivity contribution in [2.45, 2.75) is 18.1 Å². The number of aliphatic hydroxyl groups excluding tert-OH is 1. The molecule has 1 unspecified atom stereocenters. The van der Waals surface area contributed by atoms with E-state index in [4.69, 9.17) is 0 Å². The normalized spacial score (nSPS) is 14.0. The molecule has 4 rings (SSSR count). The molecule has 0 fully saturated rings. The topological polar surface area (TPSA) is 58.3 Å². The molecule has 2 N–H and O–H groups in total. The number of aromatic nitrogens is 2. The van der Waals surface area contributed by atoms with Crippen molar-refractivity contribution < 1.29 is 27.8 Å². The Morgan fingerprint density at radius 2 is 1.61 bits per heavy atom. The molecule has 0 aliphatic carbocycles. The molecule has 0 amide bonds. The highest BCUT2D eigenvalue weighted by Crippen LogP contribution is 2.44. The van der Waals surface area contributed by atoms with E-state index in [-0.39, 0.29) is 11.1 Å². The lowest BCUT2D eigenvalue weighted by molar-refractivity contribution is -0.173. The van der Waals surface area contributed by atoms with Crippen LogP contribution in [-0.4, -0.2) is 32.6 Å². The number of halogens is 4. The number of aliphatic hydroxyl groups is 2. The van der Waals surface area contributed by atoms with Crippen LogP contribution in [0, 0.1) is 5.82 Å². The number of fused-ring (bicyclic) bond motifs is 1. The molecule has 4 nitrogen and oxygen atoms in total. The van der Waals surface area contributed by atoms with E-state index in [9.17, 15) is 27.8 Å². The van der Waals surface area contributed by atoms with Gasteiger partial charge in [0.2, 0.25) is 0 Å². The van der Waals surface area contributed by atoms with Gasteiger partial charge in [-0.25, -0.2) is 13.5 Å². The molecular weight excluding hydrogens is 412 g/mol. The fraction of sp³-hybridized carbons (Fsp3) is 0.174. The Balaban J connectivity index is 1.90. The molecule has 8 heteroatoms. The molecular formula is C23H18F4N2O2. The first kappa shape index (κ1) is 21.0. The summed E-state index contributed by atoms with van der Waals surface area (Å²) < 4.78 is 58.3. The summed E-state index contributed by atoms with van der Waals surface area (Å²) in [5.41, 5.74) is -2.76. The Kier molecular flexibility index (Phi) is 5.28. The van der Waals surface area contributed by atoms with Gasteiger partial charge in [-0.1, -0.05) is 30.3 Å². The van der Waals surface area contributed by atoms with Crippen LogP contribution in [0.15, 0.2) is 72.9 Å². The van der Waals surface area contributed by atoms with Crippen molar-refractivity contribution in [3.8, 4) is 5.69 Å². The van der Waals surface area contributed by atoms with Crippen molar-refractivity contribution in [1.82, 2.24) is 9.78 Å². The molecule has 0 spiro atoms. The Morgan fingerprint density at radius 3 is 2.29 bits per heavy atom. The highest BCUT2D eigenvalue weighted by atomic mass is 19.3. The molecule has 0 radical (unpaired) electrons. The SMILES string of the molecule is OCc1cc(C(O)(c2ccc3c(cnn3-c3ccccc3)c2)C(F)(F)CF)ccc1F. The largest absolute Gasteiger partial charge is 0.392 e. The molecule has 0 bridgehead atoms. The maximum absolute atomic E-state index is 14.8. The molecule has 1 heterocycles. The lowest BCUT2D eigenvalue weighted by atomic mass is 9.80. The van der Waals surface area contributed by atoms with Gasteiger partial charge in [0.25, 0.3) is 0 Å². The van der Waals surface area contributed by atoms with E-state index in [1.165, 1.54) is 24.4 Å². The predicted octanol–water partition coefficient (Wildman–Crippen LogP) is 4.50. The van der Waals surface area contributed by atoms with Gasteiger partial charge in [0.1, 0.15) is 5.82 Å². The quantitative estimate of drug-likeness (QED) is 0.443. The van der Waals surface area contributed by atoms with Gasteiger partial charge in [0.05, 0.1) is 24.0 Å². The molecule has 1 aromatic heterocycles. The van der Waals surface area contributed by atoms with Crippen LogP contribution >= 0.6 is 0 Å². The molecule has 0 saturated carbocycles. The molecule has 1 atom stereocenters. The van der Waals surface area contributed by atoms with Gasteiger partial charge >= 0.3 is 5.92 Å². The summed E-state index contributed by atoms with van der Waals surface area (Å²) in [6.45, 7) is -2.91. The predicted molar refractivity (Wildman–Crippen MR) is 107 cm³/mol. The highest BCUT2D eigenvalue weighted by Gasteiger charge is 2.55. The van der Waals surface area contributed by atoms with Gasteiger partial charge in [-0.2, -0.15) is 13.9 Å². The Bertz CT molecular complexity index is 1230. The number of alkyl halides is 3. The maximum atomic E-state index is 14.8. The van der Waals surface area contributed by atoms with E-state index in [0.717, 1.165) is 23.9 Å². The minimum absolute atomic E-state index is 0.286. The second kappa shape index (κ2) is 7.79. The molecule has 3 aromatic carbocycles. The summed E-state index contributed by atoms with van der Waals surface area (Å²) in [6, 6.07) is 15.9. The van der Waals surface area contributed by atoms with Crippen molar-refractivity contribution >= 4 is 10.9 Å². The van der Waals surface area contributed by atoms with Gasteiger partial charge in [0.15, 0.2) is 12.3 Å². The van der Waals surface area contributed by atoms with Crippen molar-refractivity contribution in [1.29, 1.82) is 0 Å². The van der Waals surface area contributed by atoms with Crippen LogP contribution < -0.4 is 0 Å². The summed E-state index contributed by atoms with van der Waals surface area (Å²) >= 11 is 0. The van der Waals surface area contributed by atoms with Crippen molar-refractivity contribution in [2.24, 2.45) is 0 Å². The molecule has 4 aromatic rings. The van der Waals surface area contributed by atoms with Gasteiger partial charge in [-0.05, 0) is 47.5 Å². The van der Waals surface area contributed by atoms with Crippen LogP contribution in [0.1, 0.15) is 16.7 Å². The third kappa shape index (κ3) is 3.37. The smallest absolute Gasteiger partial charge is 0.312 e. The van der Waals surface area contributed by atoms with Crippen molar-refractivity contribution in [3.05, 3.63) is 95.4 Å². The second-order valence-electron chi connectivity index (χ2n) is 7.18. The summed E-state index contributed by atoms with van der Waals surface area (Å²) in [5.74, 6) is -5.04. The number of rotatable bonds is 6. The van der Waals surface area contributed by atoms with Gasteiger partial charge < -0.3 is 10.2 Å². The lowest BCUT2D eigenvalue weighted by Crippen LogP contribution is -2.48. The third-order valence-corrected chi connectivity index (χ3v) is 5.32. The minimum Gasteiger partial charge on any atom is -0.392 e. The van der Waals surface area contributed by atoms with Gasteiger partial charge in [-0.15, -0.1) is 0 Å². The van der Waals surface area contributed by atoms with E-state index < -0.39 is 36.2 Å². The van der Waals surface area contributed by atoms with E-state index >= 15 is 0 Å². The van der Waals surface area contributed by atoms with Crippen molar-refractivity contribution in [2.75, 3.05) is 6.67 Å². The number of para-hydroxylation sites is 1. The summed E-state index contributed by atoms with van der Waals surface area (Å²) in [4.78, 5) is 0. The lowest BCUT2D eigenvalue weighted by Gasteiger charge is -2.35. The zero-order chi connectivity index (χ0) is 22.2. The minimum atomic E-state index is -4.22. The number of hydrogen-bond donors (Lipinski definition) is 2. The van der Waals surface area contributed by atoms with E-state index in [0.29, 0.717) is 10.9 Å². The fourth-order valence-electron chi connectivity index (χ4n) is 3.64. The first-order chi connectivity index (χ1) is 14.8. The van der Waals surface area contributed by atoms with Crippen LogP contribution in [0.5, 0.6) is 0 Å². The average molecular weight is 430 g/mol. The van der Waals surface area contributed by atoms with Crippen LogP contribution in [0.3, 0.4) is 0 Å². The van der Waals surface area contributed by atoms with Gasteiger partial charge in [0, 0.05) is 10.9 Å². The second-order valence-corrected chi connectivity index (χ2v) is 7.18. The first-order valence-corrected chi connectivity index (χ1v) is 9.41. The first-order valence-electron chi connectivity index (χ1n) is 9.41. The Labute approximate surface area is 175 Å². The summed E-state index contributed by atoms with van der Waals surface area (Å²) in [7, 11) is 0. The fourth-order valence-corrected chi connectivity index (χ4v) is 3.64. The van der Waals surface area contributed by atoms with Crippen LogP contribution in [0.4, 0.5) is 17.6 Å². The van der Waals surface area contributed by atoms with Gasteiger partial charge in [-0.3, -0.25) is 0 Å². The molecule has 160 valence electrons.